The first-order valence-corrected chi connectivity index (χ1v) is 4.10. The Bertz CT molecular complexity index is 420. The average molecular weight is 190 g/mol. The largest absolute Gasteiger partial charge is 0.507 e. The zero-order valence-electron chi connectivity index (χ0n) is 7.36. The summed E-state index contributed by atoms with van der Waals surface area (Å²) >= 11 is 0. The summed E-state index contributed by atoms with van der Waals surface area (Å²) in [4.78, 5) is 0. The van der Waals surface area contributed by atoms with E-state index in [1.165, 1.54) is 12.1 Å². The third-order valence-corrected chi connectivity index (χ3v) is 2.18. The summed E-state index contributed by atoms with van der Waals surface area (Å²) in [7, 11) is 0. The van der Waals surface area contributed by atoms with Crippen molar-refractivity contribution in [2.24, 2.45) is 0 Å². The predicted octanol–water partition coefficient (Wildman–Crippen LogP) is 1.42. The van der Waals surface area contributed by atoms with Crippen molar-refractivity contribution < 1.29 is 10.2 Å². The molecule has 2 rings (SSSR count). The Balaban J connectivity index is 3.05. The van der Waals surface area contributed by atoms with Gasteiger partial charge in [0.1, 0.15) is 11.5 Å². The smallest absolute Gasteiger partial charge is 0.127 e. The molecule has 0 radical (unpaired) electrons. The van der Waals surface area contributed by atoms with Gasteiger partial charge in [-0.25, -0.2) is 0 Å². The van der Waals surface area contributed by atoms with E-state index < -0.39 is 0 Å². The van der Waals surface area contributed by atoms with E-state index in [0.717, 1.165) is 0 Å². The monoisotopic (exact) mass is 190 g/mol. The summed E-state index contributed by atoms with van der Waals surface area (Å²) < 4.78 is 0. The molecule has 0 spiro atoms. The lowest BCUT2D eigenvalue weighted by atomic mass is 10.1. The molecule has 0 aliphatic carbocycles. The van der Waals surface area contributed by atoms with E-state index in [1.807, 2.05) is 0 Å². The Morgan fingerprint density at radius 2 is 1.14 bits per heavy atom. The van der Waals surface area contributed by atoms with E-state index in [9.17, 15) is 10.2 Å². The summed E-state index contributed by atoms with van der Waals surface area (Å²) in [6.45, 7) is 0. The minimum atomic E-state index is -0.0287. The molecule has 2 aromatic carbocycles. The van der Waals surface area contributed by atoms with Gasteiger partial charge in [-0.1, -0.05) is 0 Å². The minimum absolute atomic E-state index is 0.0287. The normalized spacial score (nSPS) is 10.6. The van der Waals surface area contributed by atoms with Crippen molar-refractivity contribution in [1.82, 2.24) is 0 Å². The van der Waals surface area contributed by atoms with Crippen molar-refractivity contribution >= 4 is 22.1 Å². The van der Waals surface area contributed by atoms with Crippen molar-refractivity contribution in [3.8, 4) is 11.5 Å². The van der Waals surface area contributed by atoms with E-state index in [1.54, 1.807) is 12.1 Å². The van der Waals surface area contributed by atoms with Gasteiger partial charge >= 0.3 is 0 Å². The fraction of sp³-hybridized carbons (Fsp3) is 0. The van der Waals surface area contributed by atoms with E-state index in [4.69, 9.17) is 11.5 Å². The average Bonchev–Trinajstić information content (AvgIpc) is 2.16. The molecule has 0 bridgehead atoms. The SMILES string of the molecule is Nc1ccc(O)c2c(O)ccc(N)c12. The number of benzene rings is 2. The van der Waals surface area contributed by atoms with Gasteiger partial charge in [0.15, 0.2) is 0 Å². The molecule has 0 aliphatic heterocycles. The van der Waals surface area contributed by atoms with Gasteiger partial charge in [-0.3, -0.25) is 0 Å². The predicted molar refractivity (Wildman–Crippen MR) is 56.1 cm³/mol. The van der Waals surface area contributed by atoms with E-state index >= 15 is 0 Å². The molecule has 2 aromatic rings. The van der Waals surface area contributed by atoms with Crippen LogP contribution in [0, 0.1) is 0 Å². The van der Waals surface area contributed by atoms with E-state index in [0.29, 0.717) is 22.1 Å². The number of fused-ring (bicyclic) bond motifs is 1. The van der Waals surface area contributed by atoms with Crippen LogP contribution in [-0.4, -0.2) is 10.2 Å². The molecule has 6 N–H and O–H groups in total. The summed E-state index contributed by atoms with van der Waals surface area (Å²) in [5.74, 6) is -0.0574. The number of anilines is 2. The highest BCUT2D eigenvalue weighted by Gasteiger charge is 2.10. The maximum absolute atomic E-state index is 9.53. The molecule has 0 heterocycles. The Morgan fingerprint density at radius 3 is 1.50 bits per heavy atom. The van der Waals surface area contributed by atoms with Gasteiger partial charge in [-0.15, -0.1) is 0 Å². The van der Waals surface area contributed by atoms with E-state index in [2.05, 4.69) is 0 Å². The molecule has 0 fully saturated rings. The molecule has 0 aliphatic rings. The summed E-state index contributed by atoms with van der Waals surface area (Å²) in [6, 6.07) is 5.95. The van der Waals surface area contributed by atoms with Crippen LogP contribution in [0.1, 0.15) is 0 Å². The highest BCUT2D eigenvalue weighted by atomic mass is 16.3. The highest BCUT2D eigenvalue weighted by molar-refractivity contribution is 6.07. The van der Waals surface area contributed by atoms with Gasteiger partial charge in [-0.2, -0.15) is 0 Å². The maximum Gasteiger partial charge on any atom is 0.127 e. The lowest BCUT2D eigenvalue weighted by Crippen LogP contribution is -1.93. The van der Waals surface area contributed by atoms with Crippen molar-refractivity contribution in [3.05, 3.63) is 24.3 Å². The quantitative estimate of drug-likeness (QED) is 0.373. The minimum Gasteiger partial charge on any atom is -0.507 e. The Morgan fingerprint density at radius 1 is 0.714 bits per heavy atom. The van der Waals surface area contributed by atoms with Crippen molar-refractivity contribution in [1.29, 1.82) is 0 Å². The maximum atomic E-state index is 9.53. The number of nitrogen functional groups attached to an aromatic ring is 2. The lowest BCUT2D eigenvalue weighted by Gasteiger charge is -2.08. The van der Waals surface area contributed by atoms with Crippen LogP contribution in [0.3, 0.4) is 0 Å². The summed E-state index contributed by atoms with van der Waals surface area (Å²) in [5, 5.41) is 19.8. The standard InChI is InChI=1S/C10H10N2O2/c11-5-1-3-7(13)10-8(14)4-2-6(12)9(5)10/h1-4,13-14H,11-12H2. The second-order valence-corrected chi connectivity index (χ2v) is 3.10. The van der Waals surface area contributed by atoms with Gasteiger partial charge in [0.05, 0.1) is 5.39 Å². The number of hydrogen-bond acceptors (Lipinski definition) is 4. The molecule has 0 amide bonds. The van der Waals surface area contributed by atoms with Gasteiger partial charge in [-0.05, 0) is 24.3 Å². The molecule has 72 valence electrons. The molecule has 14 heavy (non-hydrogen) atoms. The molecule has 0 atom stereocenters. The first-order chi connectivity index (χ1) is 6.61. The number of aromatic hydroxyl groups is 2. The fourth-order valence-corrected chi connectivity index (χ4v) is 1.51. The first-order valence-electron chi connectivity index (χ1n) is 4.10. The van der Waals surface area contributed by atoms with Crippen molar-refractivity contribution in [2.75, 3.05) is 11.5 Å². The molecule has 0 aromatic heterocycles. The van der Waals surface area contributed by atoms with Crippen LogP contribution in [0.2, 0.25) is 0 Å². The van der Waals surface area contributed by atoms with Crippen LogP contribution < -0.4 is 11.5 Å². The third-order valence-electron chi connectivity index (χ3n) is 2.18. The lowest BCUT2D eigenvalue weighted by molar-refractivity contribution is 0.464. The number of nitrogens with two attached hydrogens (primary N) is 2. The topological polar surface area (TPSA) is 92.5 Å². The van der Waals surface area contributed by atoms with Crippen LogP contribution >= 0.6 is 0 Å². The second-order valence-electron chi connectivity index (χ2n) is 3.10. The van der Waals surface area contributed by atoms with Crippen LogP contribution in [0.15, 0.2) is 24.3 Å². The molecule has 0 unspecified atom stereocenters. The Kier molecular flexibility index (Phi) is 1.64. The first kappa shape index (κ1) is 8.50. The fourth-order valence-electron chi connectivity index (χ4n) is 1.51. The second kappa shape index (κ2) is 2.70. The summed E-state index contributed by atoms with van der Waals surface area (Å²) in [5.41, 5.74) is 12.3. The highest BCUT2D eigenvalue weighted by Crippen LogP contribution is 2.38. The van der Waals surface area contributed by atoms with Crippen LogP contribution in [0.25, 0.3) is 10.8 Å². The number of rotatable bonds is 0. The van der Waals surface area contributed by atoms with Crippen LogP contribution in [0.5, 0.6) is 11.5 Å². The number of hydrogen-bond donors (Lipinski definition) is 4. The molecule has 0 saturated carbocycles. The molecular formula is C10H10N2O2. The molecular weight excluding hydrogens is 180 g/mol. The summed E-state index contributed by atoms with van der Waals surface area (Å²) in [6.07, 6.45) is 0. The van der Waals surface area contributed by atoms with Crippen LogP contribution in [0.4, 0.5) is 11.4 Å². The molecule has 4 nitrogen and oxygen atoms in total. The van der Waals surface area contributed by atoms with E-state index in [-0.39, 0.29) is 11.5 Å². The van der Waals surface area contributed by atoms with Gasteiger partial charge in [0.2, 0.25) is 0 Å². The van der Waals surface area contributed by atoms with Crippen molar-refractivity contribution in [2.45, 2.75) is 0 Å². The molecule has 4 heteroatoms. The number of phenols is 2. The van der Waals surface area contributed by atoms with Crippen molar-refractivity contribution in [3.63, 3.8) is 0 Å². The molecule has 0 saturated heterocycles. The Hall–Kier alpha value is -2.10. The van der Waals surface area contributed by atoms with Gasteiger partial charge in [0.25, 0.3) is 0 Å². The van der Waals surface area contributed by atoms with Crippen LogP contribution in [-0.2, 0) is 0 Å². The Labute approximate surface area is 80.4 Å². The zero-order valence-corrected chi connectivity index (χ0v) is 7.36. The van der Waals surface area contributed by atoms with Gasteiger partial charge < -0.3 is 21.7 Å². The number of phenolic OH excluding ortho intramolecular Hbond substituents is 2. The third kappa shape index (κ3) is 1.01. The van der Waals surface area contributed by atoms with Gasteiger partial charge in [0, 0.05) is 16.8 Å². The zero-order chi connectivity index (χ0) is 10.3.